The fraction of sp³-hybridized carbons (Fsp3) is 0.826. The van der Waals surface area contributed by atoms with E-state index in [1.54, 1.807) is 0 Å². The van der Waals surface area contributed by atoms with Gasteiger partial charge in [0.15, 0.2) is 5.60 Å². The number of hydrogen-bond acceptors (Lipinski definition) is 6. The summed E-state index contributed by atoms with van der Waals surface area (Å²) in [5.74, 6) is -0.514. The lowest BCUT2D eigenvalue weighted by atomic mass is 9.44. The Morgan fingerprint density at radius 2 is 1.62 bits per heavy atom. The number of hydrogen-bond donors (Lipinski definition) is 1. The molecule has 0 aromatic carbocycles. The van der Waals surface area contributed by atoms with Gasteiger partial charge in [0.2, 0.25) is 0 Å². The van der Waals surface area contributed by atoms with Crippen LogP contribution in [0.15, 0.2) is 11.1 Å². The van der Waals surface area contributed by atoms with Crippen molar-refractivity contribution in [1.82, 2.24) is 0 Å². The third-order valence-electron chi connectivity index (χ3n) is 10.1. The fourth-order valence-corrected chi connectivity index (χ4v) is 104. The summed E-state index contributed by atoms with van der Waals surface area (Å²) in [4.78, 5) is 27.0. The number of ketones is 1. The van der Waals surface area contributed by atoms with E-state index in [9.17, 15) is 14.7 Å². The lowest BCUT2D eigenvalue weighted by Gasteiger charge is -2.66. The van der Waals surface area contributed by atoms with E-state index in [1.807, 2.05) is 6.92 Å². The van der Waals surface area contributed by atoms with Gasteiger partial charge in [-0.1, -0.05) is 35.3 Å². The van der Waals surface area contributed by atoms with Gasteiger partial charge in [-0.15, -0.1) is 53.6 Å². The summed E-state index contributed by atoms with van der Waals surface area (Å²) < 4.78 is 19.5. The third-order valence-corrected chi connectivity index (χ3v) is 80.9. The second-order valence-corrected chi connectivity index (χ2v) is 61.4. The summed E-state index contributed by atoms with van der Waals surface area (Å²) >= 11 is 0. The highest BCUT2D eigenvalue weighted by Gasteiger charge is 2.72. The number of ether oxygens (including phenoxy) is 2. The van der Waals surface area contributed by atoms with Gasteiger partial charge in [-0.3, -0.25) is 9.59 Å². The monoisotopic (exact) mass is 822 g/mol. The van der Waals surface area contributed by atoms with Crippen LogP contribution in [0.1, 0.15) is 60.8 Å². The van der Waals surface area contributed by atoms with Crippen molar-refractivity contribution in [3.8, 4) is 0 Å². The smallest absolute Gasteiger partial charge is 0.303 e. The van der Waals surface area contributed by atoms with E-state index < -0.39 is 37.7 Å². The van der Waals surface area contributed by atoms with Crippen LogP contribution in [0.5, 0.6) is 0 Å². The highest BCUT2D eigenvalue weighted by atomic mass is 33.2. The molecule has 3 aliphatic carbocycles. The minimum Gasteiger partial charge on any atom is -0.454 e. The summed E-state index contributed by atoms with van der Waals surface area (Å²) in [6, 6.07) is 0. The molecule has 1 saturated heterocycles. The molecule has 10 unspecified atom stereocenters. The van der Waals surface area contributed by atoms with Crippen molar-refractivity contribution in [2.75, 3.05) is 6.61 Å². The minimum absolute atomic E-state index is 0.0174. The molecule has 1 N–H and O–H groups in total. The molecule has 3 fully saturated rings. The Balaban J connectivity index is 1.84. The number of rotatable bonds is 8. The van der Waals surface area contributed by atoms with Gasteiger partial charge in [-0.2, -0.15) is 0 Å². The summed E-state index contributed by atoms with van der Waals surface area (Å²) in [5.41, 5.74) is 0.198. The summed E-state index contributed by atoms with van der Waals surface area (Å²) in [6.07, 6.45) is 0.123. The molecule has 0 spiro atoms. The Morgan fingerprint density at radius 1 is 1.02 bits per heavy atom. The molecule has 240 valence electrons. The molecule has 17 atom stereocenters. The second-order valence-electron chi connectivity index (χ2n) is 12.6. The topological polar surface area (TPSA) is 82.1 Å². The number of allylic oxidation sites excluding steroid dienone is 1. The van der Waals surface area contributed by atoms with Gasteiger partial charge in [0.1, 0.15) is 11.9 Å². The largest absolute Gasteiger partial charge is 0.454 e. The number of fused-ring (bicyclic) bond motifs is 5. The summed E-state index contributed by atoms with van der Waals surface area (Å²) in [5, 5.41) is 11.6. The molecule has 0 amide bonds. The Hall–Kier alpha value is 4.35. The Bertz CT molecular complexity index is 1100. The van der Waals surface area contributed by atoms with Gasteiger partial charge in [0.05, 0.1) is 31.8 Å². The predicted molar refractivity (Wildman–Crippen MR) is 214 cm³/mol. The number of esters is 1. The van der Waals surface area contributed by atoms with Crippen LogP contribution in [-0.2, 0) is 23.6 Å². The molecule has 6 nitrogen and oxygen atoms in total. The van der Waals surface area contributed by atoms with Gasteiger partial charge < -0.3 is 19.1 Å². The lowest BCUT2D eigenvalue weighted by Crippen LogP contribution is -2.77. The number of carbonyl (C=O) groups is 2. The van der Waals surface area contributed by atoms with Gasteiger partial charge in [0, 0.05) is 39.7 Å². The highest BCUT2D eigenvalue weighted by Crippen LogP contribution is 3.17. The average molecular weight is 822 g/mol. The molecule has 1 heterocycles. The molecule has 19 heteroatoms. The van der Waals surface area contributed by atoms with Crippen molar-refractivity contribution >= 4 is 117 Å². The van der Waals surface area contributed by atoms with E-state index in [0.717, 1.165) is 6.42 Å². The van der Waals surface area contributed by atoms with E-state index in [-0.39, 0.29) is 82.0 Å². The Morgan fingerprint density at radius 3 is 2.10 bits per heavy atom. The fourth-order valence-electron chi connectivity index (χ4n) is 8.11. The zero-order valence-electron chi connectivity index (χ0n) is 25.0. The molecule has 4 rings (SSSR count). The van der Waals surface area contributed by atoms with Crippen molar-refractivity contribution in [2.24, 2.45) is 28.6 Å². The van der Waals surface area contributed by atoms with E-state index in [2.05, 4.69) is 90.2 Å². The molecular formula is C23H47O6P13. The first-order valence-corrected chi connectivity index (χ1v) is 36.6. The average Bonchev–Trinajstić information content (AvgIpc) is 2.86. The number of aliphatic hydroxyl groups excluding tert-OH is 1. The lowest BCUT2D eigenvalue weighted by molar-refractivity contribution is -0.329. The molecule has 42 heavy (non-hydrogen) atoms. The molecule has 0 aromatic heterocycles. The quantitative estimate of drug-likeness (QED) is 0.149. The Kier molecular flexibility index (Phi) is 13.9. The van der Waals surface area contributed by atoms with E-state index in [4.69, 9.17) is 14.0 Å². The first-order valence-electron chi connectivity index (χ1n) is 13.7. The zero-order valence-corrected chi connectivity index (χ0v) is 38.5. The maximum absolute atomic E-state index is 14.5. The molecular weight excluding hydrogens is 775 g/mol. The van der Waals surface area contributed by atoms with Crippen LogP contribution in [0.2, 0.25) is 0 Å². The van der Waals surface area contributed by atoms with Crippen LogP contribution in [0.25, 0.3) is 0 Å². The van der Waals surface area contributed by atoms with Crippen LogP contribution in [0.4, 0.5) is 0 Å². The van der Waals surface area contributed by atoms with Crippen molar-refractivity contribution in [3.63, 3.8) is 0 Å². The van der Waals surface area contributed by atoms with Gasteiger partial charge in [0.25, 0.3) is 0 Å². The molecule has 0 aromatic rings. The third kappa shape index (κ3) is 6.97. The van der Waals surface area contributed by atoms with Crippen molar-refractivity contribution in [1.29, 1.82) is 0 Å². The Labute approximate surface area is 275 Å². The standard InChI is InChI=1S/C23H47O6P13/c1-11-15-8-17(25)22(6)18(26)9-19-23(10-27-19,28-13(3)24)20(22)12(2)14(21(15,4)5)7-16(11)29-37(41(36)38(30)31)42(39(32)33)40(34)35/h12,14,16,18-20,26H,7-10,30-36H2,1-6H3/t12-,14?,16+,18+,19-,20+,22-,23+,37?,41?/m1/s1. The van der Waals surface area contributed by atoms with Crippen molar-refractivity contribution < 1.29 is 28.7 Å². The first-order chi connectivity index (χ1) is 19.3. The van der Waals surface area contributed by atoms with E-state index in [0.29, 0.717) is 6.42 Å². The maximum Gasteiger partial charge on any atom is 0.303 e. The maximum atomic E-state index is 14.5. The van der Waals surface area contributed by atoms with Crippen LogP contribution >= 0.6 is 105 Å². The molecule has 1 aliphatic heterocycles. The molecule has 4 aliphatic rings. The van der Waals surface area contributed by atoms with Gasteiger partial charge in [-0.05, 0) is 64.1 Å². The summed E-state index contributed by atoms with van der Waals surface area (Å²) in [7, 11) is 20.9. The van der Waals surface area contributed by atoms with Gasteiger partial charge in [-0.25, -0.2) is 0 Å². The highest BCUT2D eigenvalue weighted by molar-refractivity contribution is 9.19. The van der Waals surface area contributed by atoms with Gasteiger partial charge >= 0.3 is 5.97 Å². The van der Waals surface area contributed by atoms with Crippen LogP contribution < -0.4 is 0 Å². The van der Waals surface area contributed by atoms with Crippen LogP contribution in [0, 0.1) is 28.6 Å². The normalized spacial score (nSPS) is 39.4. The van der Waals surface area contributed by atoms with Crippen LogP contribution in [-0.4, -0.2) is 47.4 Å². The number of Topliss-reactive ketones (excluding diaryl/α,β-unsaturated/α-hetero) is 1. The second kappa shape index (κ2) is 14.9. The molecule has 2 saturated carbocycles. The van der Waals surface area contributed by atoms with Crippen molar-refractivity contribution in [3.05, 3.63) is 11.1 Å². The SMILES string of the molecule is CC(=O)O[C@@]12CO[C@@H]1C[C@H](O)[C@@]1(C)C(=O)CC3=C(C)[C@@H](OP(P(P)P(P)P)P(P(P)P)P(P)P)CC([C@@H](C)[C@H]21)C3(C)C. The number of carbonyl (C=O) groups excluding carboxylic acids is 2. The zero-order chi connectivity index (χ0) is 31.7. The molecule has 2 bridgehead atoms. The first kappa shape index (κ1) is 39.1. The van der Waals surface area contributed by atoms with E-state index in [1.165, 1.54) is 18.1 Å². The number of aliphatic hydroxyl groups is 1. The molecule has 0 radical (unpaired) electrons. The van der Waals surface area contributed by atoms with Crippen LogP contribution in [0.3, 0.4) is 0 Å². The minimum atomic E-state index is -1.03. The summed E-state index contributed by atoms with van der Waals surface area (Å²) in [6.45, 7) is 10.9. The van der Waals surface area contributed by atoms with E-state index >= 15 is 0 Å². The predicted octanol–water partition coefficient (Wildman–Crippen LogP) is 10.3. The van der Waals surface area contributed by atoms with Crippen molar-refractivity contribution in [2.45, 2.75) is 84.7 Å².